The molecule has 1 aromatic carbocycles. The summed E-state index contributed by atoms with van der Waals surface area (Å²) in [6, 6.07) is 5.87. The summed E-state index contributed by atoms with van der Waals surface area (Å²) in [6.07, 6.45) is 3.77. The number of piperidine rings is 1. The number of benzene rings is 1. The van der Waals surface area contributed by atoms with Crippen molar-refractivity contribution in [2.24, 2.45) is 11.8 Å². The minimum absolute atomic E-state index is 0.170. The molecule has 0 spiro atoms. The Morgan fingerprint density at radius 3 is 2.65 bits per heavy atom. The van der Waals surface area contributed by atoms with Crippen LogP contribution in [0, 0.1) is 17.7 Å². The van der Waals surface area contributed by atoms with Gasteiger partial charge >= 0.3 is 5.97 Å². The van der Waals surface area contributed by atoms with Crippen molar-refractivity contribution in [2.75, 3.05) is 19.7 Å². The number of esters is 1. The molecule has 1 aromatic rings. The zero-order chi connectivity index (χ0) is 16.8. The second kappa shape index (κ2) is 7.90. The van der Waals surface area contributed by atoms with Gasteiger partial charge in [0.2, 0.25) is 0 Å². The fraction of sp³-hybridized carbons (Fsp3) is 0.444. The molecule has 1 amide bonds. The number of hydrogen-bond acceptors (Lipinski definition) is 3. The second-order valence-electron chi connectivity index (χ2n) is 6.24. The summed E-state index contributed by atoms with van der Waals surface area (Å²) >= 11 is 0. The van der Waals surface area contributed by atoms with Crippen molar-refractivity contribution in [3.8, 4) is 0 Å². The van der Waals surface area contributed by atoms with Gasteiger partial charge in [-0.2, -0.15) is 0 Å². The molecule has 23 heavy (non-hydrogen) atoms. The Morgan fingerprint density at radius 2 is 2.00 bits per heavy atom. The summed E-state index contributed by atoms with van der Waals surface area (Å²) in [6.45, 7) is 5.39. The monoisotopic (exact) mass is 319 g/mol. The van der Waals surface area contributed by atoms with E-state index in [1.807, 2.05) is 0 Å². The van der Waals surface area contributed by atoms with Crippen molar-refractivity contribution in [2.45, 2.75) is 20.3 Å². The molecule has 0 aromatic heterocycles. The van der Waals surface area contributed by atoms with Gasteiger partial charge in [0.1, 0.15) is 5.82 Å². The molecule has 1 saturated heterocycles. The van der Waals surface area contributed by atoms with Crippen LogP contribution in [-0.4, -0.2) is 36.5 Å². The van der Waals surface area contributed by atoms with Crippen LogP contribution >= 0.6 is 0 Å². The van der Waals surface area contributed by atoms with E-state index in [2.05, 4.69) is 13.8 Å². The quantitative estimate of drug-likeness (QED) is 0.633. The number of ether oxygens (including phenoxy) is 1. The molecule has 1 heterocycles. The summed E-state index contributed by atoms with van der Waals surface area (Å²) in [7, 11) is 0. The highest BCUT2D eigenvalue weighted by molar-refractivity contribution is 5.89. The van der Waals surface area contributed by atoms with Gasteiger partial charge in [-0.05, 0) is 42.0 Å². The zero-order valence-electron chi connectivity index (χ0n) is 13.5. The smallest absolute Gasteiger partial charge is 0.331 e. The van der Waals surface area contributed by atoms with Gasteiger partial charge in [0.05, 0.1) is 0 Å². The van der Waals surface area contributed by atoms with E-state index in [4.69, 9.17) is 4.74 Å². The number of amides is 1. The summed E-state index contributed by atoms with van der Waals surface area (Å²) in [5.74, 6) is -0.224. The lowest BCUT2D eigenvalue weighted by atomic mass is 9.92. The van der Waals surface area contributed by atoms with Gasteiger partial charge in [-0.25, -0.2) is 9.18 Å². The predicted molar refractivity (Wildman–Crippen MR) is 85.9 cm³/mol. The van der Waals surface area contributed by atoms with E-state index < -0.39 is 5.97 Å². The third-order valence-corrected chi connectivity index (χ3v) is 3.82. The predicted octanol–water partition coefficient (Wildman–Crippen LogP) is 2.89. The third kappa shape index (κ3) is 5.51. The number of carbonyl (C=O) groups excluding carboxylic acids is 2. The lowest BCUT2D eigenvalue weighted by Crippen LogP contribution is -2.44. The van der Waals surface area contributed by atoms with Crippen molar-refractivity contribution < 1.29 is 18.7 Å². The van der Waals surface area contributed by atoms with Gasteiger partial charge in [0.15, 0.2) is 6.61 Å². The fourth-order valence-electron chi connectivity index (χ4n) is 2.91. The van der Waals surface area contributed by atoms with E-state index in [0.29, 0.717) is 30.5 Å². The maximum Gasteiger partial charge on any atom is 0.331 e. The molecule has 0 aliphatic carbocycles. The molecule has 4 nitrogen and oxygen atoms in total. The Morgan fingerprint density at radius 1 is 1.30 bits per heavy atom. The van der Waals surface area contributed by atoms with Gasteiger partial charge in [0, 0.05) is 19.2 Å². The minimum atomic E-state index is -0.610. The first-order valence-electron chi connectivity index (χ1n) is 7.82. The van der Waals surface area contributed by atoms with E-state index >= 15 is 0 Å². The Labute approximate surface area is 135 Å². The minimum Gasteiger partial charge on any atom is -0.452 e. The highest BCUT2D eigenvalue weighted by atomic mass is 19.1. The summed E-state index contributed by atoms with van der Waals surface area (Å²) in [5.41, 5.74) is 0.562. The molecule has 2 rings (SSSR count). The van der Waals surface area contributed by atoms with Crippen molar-refractivity contribution in [1.29, 1.82) is 0 Å². The third-order valence-electron chi connectivity index (χ3n) is 3.82. The molecule has 0 N–H and O–H groups in total. The number of likely N-dealkylation sites (tertiary alicyclic amines) is 1. The van der Waals surface area contributed by atoms with Crippen LogP contribution in [0.25, 0.3) is 6.08 Å². The molecule has 2 atom stereocenters. The fourth-order valence-corrected chi connectivity index (χ4v) is 2.91. The number of carbonyl (C=O) groups is 2. The van der Waals surface area contributed by atoms with Crippen LogP contribution in [0.15, 0.2) is 30.3 Å². The number of nitrogens with zero attached hydrogens (tertiary/aromatic N) is 1. The first-order valence-corrected chi connectivity index (χ1v) is 7.82. The van der Waals surface area contributed by atoms with E-state index in [1.165, 1.54) is 24.3 Å². The largest absolute Gasteiger partial charge is 0.452 e. The van der Waals surface area contributed by atoms with Gasteiger partial charge in [0.25, 0.3) is 5.91 Å². The molecule has 0 bridgehead atoms. The number of halogens is 1. The normalized spacial score (nSPS) is 21.4. The van der Waals surface area contributed by atoms with Crippen molar-refractivity contribution in [3.05, 3.63) is 41.7 Å². The average molecular weight is 319 g/mol. The topological polar surface area (TPSA) is 46.6 Å². The zero-order valence-corrected chi connectivity index (χ0v) is 13.5. The summed E-state index contributed by atoms with van der Waals surface area (Å²) in [4.78, 5) is 25.5. The SMILES string of the molecule is C[C@@H]1C[C@H](C)CN(C(=O)COC(=O)/C=C/c2cccc(F)c2)C1. The molecule has 0 unspecified atom stereocenters. The molecule has 124 valence electrons. The van der Waals surface area contributed by atoms with Crippen molar-refractivity contribution >= 4 is 18.0 Å². The maximum absolute atomic E-state index is 13.0. The van der Waals surface area contributed by atoms with Crippen LogP contribution in [0.4, 0.5) is 4.39 Å². The van der Waals surface area contributed by atoms with Crippen LogP contribution in [0.3, 0.4) is 0 Å². The number of rotatable bonds is 4. The standard InChI is InChI=1S/C18H22FNO3/c1-13-8-14(2)11-20(10-13)17(21)12-23-18(22)7-6-15-4-3-5-16(19)9-15/h3-7,9,13-14H,8,10-12H2,1-2H3/b7-6+/t13-,14+. The van der Waals surface area contributed by atoms with Gasteiger partial charge < -0.3 is 9.64 Å². The Kier molecular flexibility index (Phi) is 5.90. The average Bonchev–Trinajstić information content (AvgIpc) is 2.49. The molecular formula is C18H22FNO3. The van der Waals surface area contributed by atoms with Crippen LogP contribution in [-0.2, 0) is 14.3 Å². The molecule has 1 aliphatic rings. The lowest BCUT2D eigenvalue weighted by Gasteiger charge is -2.34. The maximum atomic E-state index is 13.0. The van der Waals surface area contributed by atoms with E-state index in [0.717, 1.165) is 6.42 Å². The first kappa shape index (κ1) is 17.2. The van der Waals surface area contributed by atoms with Crippen molar-refractivity contribution in [1.82, 2.24) is 4.90 Å². The lowest BCUT2D eigenvalue weighted by molar-refractivity contribution is -0.149. The van der Waals surface area contributed by atoms with E-state index in [1.54, 1.807) is 17.0 Å². The van der Waals surface area contributed by atoms with Crippen molar-refractivity contribution in [3.63, 3.8) is 0 Å². The molecule has 1 fully saturated rings. The number of hydrogen-bond donors (Lipinski definition) is 0. The molecular weight excluding hydrogens is 297 g/mol. The van der Waals surface area contributed by atoms with Gasteiger partial charge in [-0.3, -0.25) is 4.79 Å². The Bertz CT molecular complexity index is 590. The van der Waals surface area contributed by atoms with Crippen LogP contribution < -0.4 is 0 Å². The van der Waals surface area contributed by atoms with E-state index in [-0.39, 0.29) is 18.3 Å². The molecule has 5 heteroatoms. The molecule has 0 saturated carbocycles. The second-order valence-corrected chi connectivity index (χ2v) is 6.24. The summed E-state index contributed by atoms with van der Waals surface area (Å²) < 4.78 is 18.0. The molecule has 0 radical (unpaired) electrons. The first-order chi connectivity index (χ1) is 10.9. The highest BCUT2D eigenvalue weighted by Gasteiger charge is 2.25. The highest BCUT2D eigenvalue weighted by Crippen LogP contribution is 2.20. The van der Waals surface area contributed by atoms with Crippen LogP contribution in [0.1, 0.15) is 25.8 Å². The Hall–Kier alpha value is -2.17. The van der Waals surface area contributed by atoms with Crippen LogP contribution in [0.2, 0.25) is 0 Å². The summed E-state index contributed by atoms with van der Waals surface area (Å²) in [5, 5.41) is 0. The van der Waals surface area contributed by atoms with Crippen LogP contribution in [0.5, 0.6) is 0 Å². The molecule has 1 aliphatic heterocycles. The Balaban J connectivity index is 1.80. The van der Waals surface area contributed by atoms with E-state index in [9.17, 15) is 14.0 Å². The van der Waals surface area contributed by atoms with Gasteiger partial charge in [-0.15, -0.1) is 0 Å². The van der Waals surface area contributed by atoms with Gasteiger partial charge in [-0.1, -0.05) is 26.0 Å².